The fourth-order valence-corrected chi connectivity index (χ4v) is 2.82. The lowest BCUT2D eigenvalue weighted by Gasteiger charge is -2.25. The van der Waals surface area contributed by atoms with Crippen LogP contribution in [-0.4, -0.2) is 43.3 Å². The molecule has 2 atom stereocenters. The molecule has 1 aliphatic rings. The van der Waals surface area contributed by atoms with Crippen LogP contribution in [0.4, 0.5) is 0 Å². The van der Waals surface area contributed by atoms with Crippen LogP contribution in [-0.2, 0) is 9.53 Å². The van der Waals surface area contributed by atoms with Crippen LogP contribution in [0.2, 0.25) is 0 Å². The molecule has 20 heavy (non-hydrogen) atoms. The third-order valence-electron chi connectivity index (χ3n) is 3.75. The molecular weight excluding hydrogens is 252 g/mol. The second-order valence-electron chi connectivity index (χ2n) is 6.73. The molecule has 0 aromatic carbocycles. The van der Waals surface area contributed by atoms with E-state index in [1.807, 2.05) is 0 Å². The first-order valence-corrected chi connectivity index (χ1v) is 8.01. The predicted octanol–water partition coefficient (Wildman–Crippen LogP) is 2.63. The molecule has 1 saturated heterocycles. The number of carbonyl (C=O) groups is 1. The van der Waals surface area contributed by atoms with Crippen molar-refractivity contribution < 1.29 is 9.53 Å². The van der Waals surface area contributed by atoms with Crippen LogP contribution < -0.4 is 5.32 Å². The molecule has 0 aliphatic carbocycles. The lowest BCUT2D eigenvalue weighted by Crippen LogP contribution is -2.39. The number of nitrogens with one attached hydrogen (secondary N) is 1. The van der Waals surface area contributed by atoms with E-state index in [-0.39, 0.29) is 12.2 Å². The van der Waals surface area contributed by atoms with E-state index in [9.17, 15) is 4.79 Å². The second kappa shape index (κ2) is 8.63. The first kappa shape index (κ1) is 17.4. The molecule has 1 aliphatic heterocycles. The van der Waals surface area contributed by atoms with Gasteiger partial charge in [-0.05, 0) is 37.5 Å². The molecule has 0 saturated carbocycles. The maximum atomic E-state index is 12.5. The Balaban J connectivity index is 2.57. The normalized spacial score (nSPS) is 23.4. The predicted molar refractivity (Wildman–Crippen MR) is 82.4 cm³/mol. The van der Waals surface area contributed by atoms with Gasteiger partial charge >= 0.3 is 0 Å². The third-order valence-corrected chi connectivity index (χ3v) is 3.75. The van der Waals surface area contributed by atoms with Crippen LogP contribution in [0.3, 0.4) is 0 Å². The maximum absolute atomic E-state index is 12.5. The fraction of sp³-hybridized carbons (Fsp3) is 0.938. The van der Waals surface area contributed by atoms with Crippen molar-refractivity contribution in [3.05, 3.63) is 0 Å². The SMILES string of the molecule is COCCCCN1C(=O)C(CC(C)C)NC1CC(C)C. The summed E-state index contributed by atoms with van der Waals surface area (Å²) in [6, 6.07) is 0.0150. The molecule has 4 nitrogen and oxygen atoms in total. The van der Waals surface area contributed by atoms with Crippen molar-refractivity contribution in [1.29, 1.82) is 0 Å². The van der Waals surface area contributed by atoms with Gasteiger partial charge in [-0.15, -0.1) is 0 Å². The summed E-state index contributed by atoms with van der Waals surface area (Å²) in [5.74, 6) is 1.44. The van der Waals surface area contributed by atoms with Gasteiger partial charge < -0.3 is 9.64 Å². The van der Waals surface area contributed by atoms with Gasteiger partial charge in [0, 0.05) is 20.3 Å². The summed E-state index contributed by atoms with van der Waals surface area (Å²) in [7, 11) is 1.72. The Morgan fingerprint density at radius 3 is 2.35 bits per heavy atom. The highest BCUT2D eigenvalue weighted by molar-refractivity contribution is 5.84. The summed E-state index contributed by atoms with van der Waals surface area (Å²) in [6.07, 6.45) is 4.22. The number of hydrogen-bond acceptors (Lipinski definition) is 3. The minimum absolute atomic E-state index is 0.0150. The summed E-state index contributed by atoms with van der Waals surface area (Å²) >= 11 is 0. The van der Waals surface area contributed by atoms with Crippen LogP contribution in [0, 0.1) is 11.8 Å². The fourth-order valence-electron chi connectivity index (χ4n) is 2.82. The minimum atomic E-state index is 0.0150. The topological polar surface area (TPSA) is 41.6 Å². The second-order valence-corrected chi connectivity index (χ2v) is 6.73. The number of ether oxygens (including phenoxy) is 1. The number of rotatable bonds is 9. The van der Waals surface area contributed by atoms with Gasteiger partial charge in [0.1, 0.15) is 0 Å². The largest absolute Gasteiger partial charge is 0.385 e. The van der Waals surface area contributed by atoms with Crippen LogP contribution in [0.15, 0.2) is 0 Å². The lowest BCUT2D eigenvalue weighted by molar-refractivity contribution is -0.130. The number of nitrogens with zero attached hydrogens (tertiary/aromatic N) is 1. The molecule has 1 amide bonds. The standard InChI is InChI=1S/C16H32N2O2/c1-12(2)10-14-16(19)18(8-6-7-9-20-5)15(17-14)11-13(3)4/h12-15,17H,6-11H2,1-5H3. The van der Waals surface area contributed by atoms with Gasteiger partial charge in [-0.2, -0.15) is 0 Å². The molecular formula is C16H32N2O2. The van der Waals surface area contributed by atoms with E-state index in [2.05, 4.69) is 37.9 Å². The van der Waals surface area contributed by atoms with Crippen LogP contribution >= 0.6 is 0 Å². The molecule has 1 rings (SSSR count). The van der Waals surface area contributed by atoms with E-state index >= 15 is 0 Å². The third kappa shape index (κ3) is 5.41. The highest BCUT2D eigenvalue weighted by atomic mass is 16.5. The van der Waals surface area contributed by atoms with E-state index in [1.54, 1.807) is 7.11 Å². The van der Waals surface area contributed by atoms with Gasteiger partial charge in [0.25, 0.3) is 0 Å². The summed E-state index contributed by atoms with van der Waals surface area (Å²) in [5, 5.41) is 3.54. The Morgan fingerprint density at radius 1 is 1.15 bits per heavy atom. The zero-order valence-electron chi connectivity index (χ0n) is 13.8. The zero-order valence-corrected chi connectivity index (χ0v) is 13.8. The van der Waals surface area contributed by atoms with Crippen LogP contribution in [0.25, 0.3) is 0 Å². The number of unbranched alkanes of at least 4 members (excludes halogenated alkanes) is 1. The average Bonchev–Trinajstić information content (AvgIpc) is 2.61. The Kier molecular flexibility index (Phi) is 7.52. The van der Waals surface area contributed by atoms with E-state index in [0.29, 0.717) is 17.7 Å². The first-order chi connectivity index (χ1) is 9.45. The Bertz CT molecular complexity index is 292. The smallest absolute Gasteiger partial charge is 0.241 e. The first-order valence-electron chi connectivity index (χ1n) is 8.01. The Labute approximate surface area is 124 Å². The van der Waals surface area contributed by atoms with Crippen molar-refractivity contribution in [2.24, 2.45) is 11.8 Å². The summed E-state index contributed by atoms with van der Waals surface area (Å²) in [5.41, 5.74) is 0. The monoisotopic (exact) mass is 284 g/mol. The summed E-state index contributed by atoms with van der Waals surface area (Å²) in [6.45, 7) is 10.4. The van der Waals surface area contributed by atoms with Crippen LogP contribution in [0.1, 0.15) is 53.4 Å². The van der Waals surface area contributed by atoms with E-state index in [1.165, 1.54) is 0 Å². The molecule has 0 radical (unpaired) electrons. The average molecular weight is 284 g/mol. The van der Waals surface area contributed by atoms with Crippen molar-refractivity contribution in [3.63, 3.8) is 0 Å². The lowest BCUT2D eigenvalue weighted by atomic mass is 10.0. The van der Waals surface area contributed by atoms with Crippen molar-refractivity contribution in [3.8, 4) is 0 Å². The van der Waals surface area contributed by atoms with Crippen molar-refractivity contribution in [2.75, 3.05) is 20.3 Å². The Hall–Kier alpha value is -0.610. The molecule has 1 fully saturated rings. The summed E-state index contributed by atoms with van der Waals surface area (Å²) < 4.78 is 5.08. The summed E-state index contributed by atoms with van der Waals surface area (Å²) in [4.78, 5) is 14.6. The van der Waals surface area contributed by atoms with Crippen molar-refractivity contribution in [2.45, 2.75) is 65.6 Å². The van der Waals surface area contributed by atoms with Gasteiger partial charge in [-0.25, -0.2) is 0 Å². The molecule has 1 N–H and O–H groups in total. The zero-order chi connectivity index (χ0) is 15.1. The van der Waals surface area contributed by atoms with E-state index in [4.69, 9.17) is 4.74 Å². The van der Waals surface area contributed by atoms with Gasteiger partial charge in [0.05, 0.1) is 12.2 Å². The van der Waals surface area contributed by atoms with Gasteiger partial charge in [0.2, 0.25) is 5.91 Å². The molecule has 118 valence electrons. The quantitative estimate of drug-likeness (QED) is 0.662. The van der Waals surface area contributed by atoms with Crippen molar-refractivity contribution in [1.82, 2.24) is 10.2 Å². The Morgan fingerprint density at radius 2 is 1.80 bits per heavy atom. The number of hydrogen-bond donors (Lipinski definition) is 1. The molecule has 0 aromatic heterocycles. The van der Waals surface area contributed by atoms with E-state index < -0.39 is 0 Å². The van der Waals surface area contributed by atoms with Gasteiger partial charge in [0.15, 0.2) is 0 Å². The van der Waals surface area contributed by atoms with Gasteiger partial charge in [-0.1, -0.05) is 27.7 Å². The number of carbonyl (C=O) groups excluding carboxylic acids is 1. The van der Waals surface area contributed by atoms with Crippen LogP contribution in [0.5, 0.6) is 0 Å². The highest BCUT2D eigenvalue weighted by Gasteiger charge is 2.38. The van der Waals surface area contributed by atoms with E-state index in [0.717, 1.165) is 38.8 Å². The molecule has 1 heterocycles. The van der Waals surface area contributed by atoms with Crippen molar-refractivity contribution >= 4 is 5.91 Å². The molecule has 0 bridgehead atoms. The molecule has 4 heteroatoms. The molecule has 0 aromatic rings. The maximum Gasteiger partial charge on any atom is 0.241 e. The molecule has 2 unspecified atom stereocenters. The number of methoxy groups -OCH3 is 1. The number of amides is 1. The minimum Gasteiger partial charge on any atom is -0.385 e. The molecule has 0 spiro atoms. The highest BCUT2D eigenvalue weighted by Crippen LogP contribution is 2.21. The van der Waals surface area contributed by atoms with Gasteiger partial charge in [-0.3, -0.25) is 10.1 Å².